The van der Waals surface area contributed by atoms with Crippen molar-refractivity contribution in [3.05, 3.63) is 0 Å². The fraction of sp³-hybridized carbons (Fsp3) is 0.909. The minimum Gasteiger partial charge on any atom is -0.380 e. The van der Waals surface area contributed by atoms with E-state index >= 15 is 0 Å². The lowest BCUT2D eigenvalue weighted by molar-refractivity contribution is -0.133. The lowest BCUT2D eigenvalue weighted by Crippen LogP contribution is -2.47. The highest BCUT2D eigenvalue weighted by Gasteiger charge is 2.22. The Balaban J connectivity index is 2.24. The van der Waals surface area contributed by atoms with Gasteiger partial charge in [-0.15, -0.1) is 0 Å². The predicted octanol–water partition coefficient (Wildman–Crippen LogP) is 0.623. The van der Waals surface area contributed by atoms with Crippen LogP contribution in [0.2, 0.25) is 0 Å². The molecule has 1 saturated heterocycles. The monoisotopic (exact) mass is 214 g/mol. The second-order valence-corrected chi connectivity index (χ2v) is 3.96. The molecule has 0 aromatic carbocycles. The molecule has 1 N–H and O–H groups in total. The van der Waals surface area contributed by atoms with E-state index in [0.717, 1.165) is 19.4 Å². The van der Waals surface area contributed by atoms with Crippen molar-refractivity contribution in [2.75, 3.05) is 33.4 Å². The normalized spacial score (nSPS) is 21.3. The van der Waals surface area contributed by atoms with Gasteiger partial charge in [0.15, 0.2) is 0 Å². The van der Waals surface area contributed by atoms with E-state index in [1.807, 2.05) is 14.0 Å². The van der Waals surface area contributed by atoms with Crippen LogP contribution in [0.15, 0.2) is 0 Å². The standard InChI is InChI=1S/C11H22N2O2/c1-3-15-9-8-13(2)11(14)10-6-4-5-7-12-10/h10,12H,3-9H2,1-2H3/t10-/m0/s1. The van der Waals surface area contributed by atoms with Crippen LogP contribution in [-0.4, -0.2) is 50.2 Å². The third-order valence-corrected chi connectivity index (χ3v) is 2.76. The first-order valence-corrected chi connectivity index (χ1v) is 5.81. The Morgan fingerprint density at radius 1 is 1.53 bits per heavy atom. The molecule has 0 aliphatic carbocycles. The smallest absolute Gasteiger partial charge is 0.239 e. The van der Waals surface area contributed by atoms with Gasteiger partial charge in [0, 0.05) is 20.2 Å². The summed E-state index contributed by atoms with van der Waals surface area (Å²) in [6, 6.07) is 0.0328. The summed E-state index contributed by atoms with van der Waals surface area (Å²) in [5.74, 6) is 0.203. The van der Waals surface area contributed by atoms with Crippen LogP contribution in [0.25, 0.3) is 0 Å². The number of ether oxygens (including phenoxy) is 1. The van der Waals surface area contributed by atoms with Crippen molar-refractivity contribution in [1.82, 2.24) is 10.2 Å². The van der Waals surface area contributed by atoms with Crippen LogP contribution >= 0.6 is 0 Å². The molecule has 0 radical (unpaired) electrons. The highest BCUT2D eigenvalue weighted by Crippen LogP contribution is 2.08. The number of rotatable bonds is 5. The summed E-state index contributed by atoms with van der Waals surface area (Å²) in [5, 5.41) is 3.26. The van der Waals surface area contributed by atoms with Crippen molar-refractivity contribution in [2.24, 2.45) is 0 Å². The van der Waals surface area contributed by atoms with Gasteiger partial charge in [-0.2, -0.15) is 0 Å². The molecule has 1 atom stereocenters. The number of hydrogen-bond acceptors (Lipinski definition) is 3. The van der Waals surface area contributed by atoms with Crippen LogP contribution in [0, 0.1) is 0 Å². The van der Waals surface area contributed by atoms with Crippen molar-refractivity contribution in [3.8, 4) is 0 Å². The molecule has 4 heteroatoms. The first-order valence-electron chi connectivity index (χ1n) is 5.81. The maximum atomic E-state index is 11.9. The van der Waals surface area contributed by atoms with Crippen molar-refractivity contribution in [1.29, 1.82) is 0 Å². The molecule has 0 aromatic heterocycles. The number of nitrogens with one attached hydrogen (secondary N) is 1. The summed E-state index contributed by atoms with van der Waals surface area (Å²) >= 11 is 0. The van der Waals surface area contributed by atoms with E-state index < -0.39 is 0 Å². The molecule has 0 unspecified atom stereocenters. The van der Waals surface area contributed by atoms with Crippen LogP contribution in [0.5, 0.6) is 0 Å². The van der Waals surface area contributed by atoms with Gasteiger partial charge in [0.05, 0.1) is 12.6 Å². The minimum atomic E-state index is 0.0328. The van der Waals surface area contributed by atoms with Gasteiger partial charge in [0.1, 0.15) is 0 Å². The summed E-state index contributed by atoms with van der Waals surface area (Å²) < 4.78 is 5.23. The highest BCUT2D eigenvalue weighted by atomic mass is 16.5. The second kappa shape index (κ2) is 6.80. The van der Waals surface area contributed by atoms with E-state index in [4.69, 9.17) is 4.74 Å². The molecular weight excluding hydrogens is 192 g/mol. The Kier molecular flexibility index (Phi) is 5.65. The number of amides is 1. The summed E-state index contributed by atoms with van der Waals surface area (Å²) in [5.41, 5.74) is 0. The fourth-order valence-electron chi connectivity index (χ4n) is 1.78. The Morgan fingerprint density at radius 3 is 2.93 bits per heavy atom. The van der Waals surface area contributed by atoms with Crippen LogP contribution in [0.4, 0.5) is 0 Å². The predicted molar refractivity (Wildman–Crippen MR) is 59.8 cm³/mol. The van der Waals surface area contributed by atoms with Crippen molar-refractivity contribution < 1.29 is 9.53 Å². The van der Waals surface area contributed by atoms with Crippen molar-refractivity contribution in [2.45, 2.75) is 32.2 Å². The van der Waals surface area contributed by atoms with Gasteiger partial charge < -0.3 is 15.0 Å². The Hall–Kier alpha value is -0.610. The zero-order valence-corrected chi connectivity index (χ0v) is 9.79. The van der Waals surface area contributed by atoms with Gasteiger partial charge in [-0.3, -0.25) is 4.79 Å². The summed E-state index contributed by atoms with van der Waals surface area (Å²) in [4.78, 5) is 13.7. The van der Waals surface area contributed by atoms with Crippen LogP contribution in [-0.2, 0) is 9.53 Å². The van der Waals surface area contributed by atoms with E-state index in [1.54, 1.807) is 4.90 Å². The molecule has 1 aliphatic rings. The Bertz CT molecular complexity index is 191. The topological polar surface area (TPSA) is 41.6 Å². The molecule has 0 aromatic rings. The Labute approximate surface area is 92.0 Å². The van der Waals surface area contributed by atoms with Crippen molar-refractivity contribution >= 4 is 5.91 Å². The maximum Gasteiger partial charge on any atom is 0.239 e. The molecule has 1 heterocycles. The largest absolute Gasteiger partial charge is 0.380 e. The minimum absolute atomic E-state index is 0.0328. The molecule has 1 rings (SSSR count). The van der Waals surface area contributed by atoms with Gasteiger partial charge in [-0.25, -0.2) is 0 Å². The number of carbonyl (C=O) groups excluding carboxylic acids is 1. The van der Waals surface area contributed by atoms with Crippen LogP contribution < -0.4 is 5.32 Å². The second-order valence-electron chi connectivity index (χ2n) is 3.96. The third kappa shape index (κ3) is 4.18. The maximum absolute atomic E-state index is 11.9. The van der Waals surface area contributed by atoms with Crippen LogP contribution in [0.3, 0.4) is 0 Å². The average molecular weight is 214 g/mol. The fourth-order valence-corrected chi connectivity index (χ4v) is 1.78. The lowest BCUT2D eigenvalue weighted by Gasteiger charge is -2.27. The first-order chi connectivity index (χ1) is 7.25. The van der Waals surface area contributed by atoms with E-state index in [2.05, 4.69) is 5.32 Å². The van der Waals surface area contributed by atoms with Crippen LogP contribution in [0.1, 0.15) is 26.2 Å². The average Bonchev–Trinajstić information content (AvgIpc) is 2.29. The highest BCUT2D eigenvalue weighted by molar-refractivity contribution is 5.81. The number of likely N-dealkylation sites (N-methyl/N-ethyl adjacent to an activating group) is 1. The molecule has 88 valence electrons. The lowest BCUT2D eigenvalue weighted by atomic mass is 10.0. The number of piperidine rings is 1. The molecule has 1 aliphatic heterocycles. The molecule has 15 heavy (non-hydrogen) atoms. The summed E-state index contributed by atoms with van der Waals surface area (Å²) in [6.07, 6.45) is 3.31. The summed E-state index contributed by atoms with van der Waals surface area (Å²) in [6.45, 7) is 4.96. The van der Waals surface area contributed by atoms with Crippen molar-refractivity contribution in [3.63, 3.8) is 0 Å². The SMILES string of the molecule is CCOCCN(C)C(=O)[C@@H]1CCCCN1. The molecule has 0 bridgehead atoms. The van der Waals surface area contributed by atoms with E-state index in [-0.39, 0.29) is 11.9 Å². The molecule has 4 nitrogen and oxygen atoms in total. The zero-order valence-electron chi connectivity index (χ0n) is 9.79. The first kappa shape index (κ1) is 12.5. The Morgan fingerprint density at radius 2 is 2.33 bits per heavy atom. The van der Waals surface area contributed by atoms with E-state index in [1.165, 1.54) is 6.42 Å². The van der Waals surface area contributed by atoms with Gasteiger partial charge >= 0.3 is 0 Å². The van der Waals surface area contributed by atoms with E-state index in [0.29, 0.717) is 19.8 Å². The number of nitrogens with zero attached hydrogens (tertiary/aromatic N) is 1. The zero-order chi connectivity index (χ0) is 11.1. The summed E-state index contributed by atoms with van der Waals surface area (Å²) in [7, 11) is 1.84. The molecule has 0 saturated carbocycles. The third-order valence-electron chi connectivity index (χ3n) is 2.76. The molecule has 1 fully saturated rings. The molecule has 0 spiro atoms. The number of hydrogen-bond donors (Lipinski definition) is 1. The van der Waals surface area contributed by atoms with Gasteiger partial charge in [0.2, 0.25) is 5.91 Å². The van der Waals surface area contributed by atoms with Gasteiger partial charge in [-0.05, 0) is 26.3 Å². The molecular formula is C11H22N2O2. The van der Waals surface area contributed by atoms with Gasteiger partial charge in [-0.1, -0.05) is 6.42 Å². The molecule has 1 amide bonds. The quantitative estimate of drug-likeness (QED) is 0.682. The van der Waals surface area contributed by atoms with Gasteiger partial charge in [0.25, 0.3) is 0 Å². The number of carbonyl (C=O) groups is 1. The van der Waals surface area contributed by atoms with E-state index in [9.17, 15) is 4.79 Å².